The first-order chi connectivity index (χ1) is 15.8. The molecule has 5 heteroatoms. The number of nitrogens with one attached hydrogen (secondary N) is 3. The monoisotopic (exact) mass is 430 g/mol. The molecule has 0 saturated carbocycles. The smallest absolute Gasteiger partial charge is 0.248 e. The molecule has 168 valence electrons. The molecule has 0 spiro atoms. The first-order valence-electron chi connectivity index (χ1n) is 12.4. The molecule has 3 N–H and O–H groups in total. The van der Waals surface area contributed by atoms with Crippen molar-refractivity contribution in [3.8, 4) is 0 Å². The van der Waals surface area contributed by atoms with E-state index in [4.69, 9.17) is 4.98 Å². The van der Waals surface area contributed by atoms with E-state index in [-0.39, 0.29) is 5.56 Å². The van der Waals surface area contributed by atoms with Crippen LogP contribution in [0.5, 0.6) is 0 Å². The molecule has 0 amide bonds. The first-order valence-corrected chi connectivity index (χ1v) is 12.4. The molecular formula is C27H34N4O. The molecule has 1 atom stereocenters. The molecule has 3 aromatic rings. The van der Waals surface area contributed by atoms with Gasteiger partial charge in [-0.1, -0.05) is 30.7 Å². The summed E-state index contributed by atoms with van der Waals surface area (Å²) < 4.78 is 0. The fourth-order valence-corrected chi connectivity index (χ4v) is 5.40. The third-order valence-electron chi connectivity index (χ3n) is 7.05. The lowest BCUT2D eigenvalue weighted by atomic mass is 9.91. The minimum atomic E-state index is 0.0140. The van der Waals surface area contributed by atoms with E-state index >= 15 is 0 Å². The van der Waals surface area contributed by atoms with Crippen LogP contribution in [0.2, 0.25) is 0 Å². The fraction of sp³-hybridized carbons (Fsp3) is 0.481. The maximum absolute atomic E-state index is 11.6. The van der Waals surface area contributed by atoms with Gasteiger partial charge in [-0.15, -0.1) is 0 Å². The Morgan fingerprint density at radius 3 is 2.78 bits per heavy atom. The molecule has 32 heavy (non-hydrogen) atoms. The standard InChI is InChI=1S/C27H34N4O/c32-26-16-15-19-22(13-8-14-23(19)31-26)28-17-6-1-7-18-29-27-20-9-2-4-11-24(20)30-25-12-5-3-10-21(25)27/h2,4,9,11,15-16,22,28H,1,3,5-8,10,12-14,17-18H2,(H,29,30)(H,31,32)/t22-/m0/s1. The predicted octanol–water partition coefficient (Wildman–Crippen LogP) is 5.05. The molecule has 1 aromatic carbocycles. The van der Waals surface area contributed by atoms with E-state index in [1.807, 2.05) is 6.07 Å². The van der Waals surface area contributed by atoms with Gasteiger partial charge in [-0.05, 0) is 81.5 Å². The van der Waals surface area contributed by atoms with E-state index in [0.29, 0.717) is 6.04 Å². The van der Waals surface area contributed by atoms with E-state index < -0.39 is 0 Å². The second-order valence-electron chi connectivity index (χ2n) is 9.28. The number of aromatic nitrogens is 2. The van der Waals surface area contributed by atoms with E-state index in [1.54, 1.807) is 6.07 Å². The van der Waals surface area contributed by atoms with E-state index in [2.05, 4.69) is 39.9 Å². The number of aromatic amines is 1. The Labute approximate surface area is 190 Å². The van der Waals surface area contributed by atoms with Crippen LogP contribution in [-0.2, 0) is 19.3 Å². The molecule has 2 aliphatic carbocycles. The molecule has 2 heterocycles. The lowest BCUT2D eigenvalue weighted by molar-refractivity contribution is 0.446. The van der Waals surface area contributed by atoms with Gasteiger partial charge in [-0.25, -0.2) is 0 Å². The summed E-state index contributed by atoms with van der Waals surface area (Å²) in [5, 5.41) is 8.77. The molecule has 5 nitrogen and oxygen atoms in total. The Morgan fingerprint density at radius 2 is 1.81 bits per heavy atom. The van der Waals surface area contributed by atoms with E-state index in [1.165, 1.54) is 60.0 Å². The van der Waals surface area contributed by atoms with Gasteiger partial charge in [-0.3, -0.25) is 9.78 Å². The number of aryl methyl sites for hydroxylation is 2. The van der Waals surface area contributed by atoms with Crippen LogP contribution in [0, 0.1) is 0 Å². The van der Waals surface area contributed by atoms with Crippen molar-refractivity contribution in [1.29, 1.82) is 0 Å². The Kier molecular flexibility index (Phi) is 6.54. The van der Waals surface area contributed by atoms with Gasteiger partial charge in [-0.2, -0.15) is 0 Å². The summed E-state index contributed by atoms with van der Waals surface area (Å²) in [6.45, 7) is 2.03. The highest BCUT2D eigenvalue weighted by molar-refractivity contribution is 5.93. The number of para-hydroxylation sites is 1. The van der Waals surface area contributed by atoms with Crippen molar-refractivity contribution in [2.45, 2.75) is 70.3 Å². The topological polar surface area (TPSA) is 69.8 Å². The maximum Gasteiger partial charge on any atom is 0.248 e. The Balaban J connectivity index is 1.12. The van der Waals surface area contributed by atoms with Gasteiger partial charge in [0.15, 0.2) is 0 Å². The summed E-state index contributed by atoms with van der Waals surface area (Å²) >= 11 is 0. The van der Waals surface area contributed by atoms with Crippen molar-refractivity contribution in [1.82, 2.24) is 15.3 Å². The van der Waals surface area contributed by atoms with Crippen molar-refractivity contribution in [2.75, 3.05) is 18.4 Å². The molecule has 0 saturated heterocycles. The average molecular weight is 431 g/mol. The quantitative estimate of drug-likeness (QED) is 0.437. The van der Waals surface area contributed by atoms with Gasteiger partial charge in [0.1, 0.15) is 0 Å². The van der Waals surface area contributed by atoms with E-state index in [0.717, 1.165) is 56.4 Å². The Morgan fingerprint density at radius 1 is 0.938 bits per heavy atom. The molecule has 0 unspecified atom stereocenters. The van der Waals surface area contributed by atoms with Gasteiger partial charge in [0.05, 0.1) is 5.52 Å². The molecule has 2 aromatic heterocycles. The number of benzene rings is 1. The summed E-state index contributed by atoms with van der Waals surface area (Å²) in [6.07, 6.45) is 11.6. The summed E-state index contributed by atoms with van der Waals surface area (Å²) in [7, 11) is 0. The Bertz CT molecular complexity index is 1140. The highest BCUT2D eigenvalue weighted by Crippen LogP contribution is 2.33. The maximum atomic E-state index is 11.6. The normalized spacial score (nSPS) is 17.7. The van der Waals surface area contributed by atoms with Gasteiger partial charge in [0.25, 0.3) is 0 Å². The van der Waals surface area contributed by atoms with Crippen molar-refractivity contribution < 1.29 is 0 Å². The zero-order chi connectivity index (χ0) is 21.8. The number of nitrogens with zero attached hydrogens (tertiary/aromatic N) is 1. The summed E-state index contributed by atoms with van der Waals surface area (Å²) in [5.41, 5.74) is 7.62. The van der Waals surface area contributed by atoms with Gasteiger partial charge < -0.3 is 15.6 Å². The zero-order valence-electron chi connectivity index (χ0n) is 18.9. The molecule has 0 fully saturated rings. The number of hydrogen-bond acceptors (Lipinski definition) is 4. The second-order valence-corrected chi connectivity index (χ2v) is 9.28. The average Bonchev–Trinajstić information content (AvgIpc) is 2.82. The van der Waals surface area contributed by atoms with Crippen molar-refractivity contribution >= 4 is 16.6 Å². The molecular weight excluding hydrogens is 396 g/mol. The second kappa shape index (κ2) is 9.86. The number of anilines is 1. The number of H-pyrrole nitrogens is 1. The lowest BCUT2D eigenvalue weighted by Gasteiger charge is -2.26. The number of unbranched alkanes of at least 4 members (excludes halogenated alkanes) is 2. The predicted molar refractivity (Wildman–Crippen MR) is 131 cm³/mol. The van der Waals surface area contributed by atoms with Crippen LogP contribution in [0.1, 0.15) is 73.5 Å². The SMILES string of the molecule is O=c1ccc2c([nH]1)CCC[C@@H]2NCCCCCNc1c2c(nc3ccccc13)CCCC2. The number of rotatable bonds is 8. The molecule has 2 aliphatic rings. The van der Waals surface area contributed by atoms with Crippen molar-refractivity contribution in [2.24, 2.45) is 0 Å². The van der Waals surface area contributed by atoms with Crippen molar-refractivity contribution in [3.05, 3.63) is 69.3 Å². The largest absolute Gasteiger partial charge is 0.384 e. The summed E-state index contributed by atoms with van der Waals surface area (Å²) in [5.74, 6) is 0. The van der Waals surface area contributed by atoms with Crippen LogP contribution >= 0.6 is 0 Å². The van der Waals surface area contributed by atoms with E-state index in [9.17, 15) is 4.79 Å². The zero-order valence-corrected chi connectivity index (χ0v) is 18.9. The van der Waals surface area contributed by atoms with Crippen LogP contribution < -0.4 is 16.2 Å². The minimum Gasteiger partial charge on any atom is -0.384 e. The summed E-state index contributed by atoms with van der Waals surface area (Å²) in [6, 6.07) is 12.6. The van der Waals surface area contributed by atoms with Crippen LogP contribution in [0.15, 0.2) is 41.2 Å². The number of fused-ring (bicyclic) bond motifs is 3. The Hall–Kier alpha value is -2.66. The third-order valence-corrected chi connectivity index (χ3v) is 7.05. The number of hydrogen-bond donors (Lipinski definition) is 3. The fourth-order valence-electron chi connectivity index (χ4n) is 5.40. The molecule has 5 rings (SSSR count). The summed E-state index contributed by atoms with van der Waals surface area (Å²) in [4.78, 5) is 19.5. The van der Waals surface area contributed by atoms with Crippen LogP contribution in [0.25, 0.3) is 10.9 Å². The van der Waals surface area contributed by atoms with Crippen LogP contribution in [-0.4, -0.2) is 23.1 Å². The third kappa shape index (κ3) is 4.58. The van der Waals surface area contributed by atoms with Gasteiger partial charge in [0, 0.05) is 41.1 Å². The van der Waals surface area contributed by atoms with Crippen LogP contribution in [0.3, 0.4) is 0 Å². The molecule has 0 bridgehead atoms. The van der Waals surface area contributed by atoms with Gasteiger partial charge >= 0.3 is 0 Å². The molecule has 0 aliphatic heterocycles. The van der Waals surface area contributed by atoms with Gasteiger partial charge in [0.2, 0.25) is 5.56 Å². The highest BCUT2D eigenvalue weighted by Gasteiger charge is 2.20. The lowest BCUT2D eigenvalue weighted by Crippen LogP contribution is -2.28. The molecule has 0 radical (unpaired) electrons. The number of pyridine rings is 2. The highest BCUT2D eigenvalue weighted by atomic mass is 16.1. The van der Waals surface area contributed by atoms with Crippen LogP contribution in [0.4, 0.5) is 5.69 Å². The van der Waals surface area contributed by atoms with Crippen molar-refractivity contribution in [3.63, 3.8) is 0 Å². The first kappa shape index (κ1) is 21.2. The minimum absolute atomic E-state index is 0.0140.